The zero-order valence-electron chi connectivity index (χ0n) is 10.1. The molecule has 0 aromatic rings. The summed E-state index contributed by atoms with van der Waals surface area (Å²) in [6.45, 7) is 16.1. The monoisotopic (exact) mass is 183 g/mol. The maximum absolute atomic E-state index is 2.61. The number of piperidine rings is 1. The van der Waals surface area contributed by atoms with Crippen molar-refractivity contribution in [3.05, 3.63) is 0 Å². The molecule has 0 amide bonds. The van der Waals surface area contributed by atoms with Crippen LogP contribution in [-0.4, -0.2) is 24.0 Å². The van der Waals surface area contributed by atoms with Gasteiger partial charge in [-0.15, -0.1) is 0 Å². The van der Waals surface area contributed by atoms with E-state index < -0.39 is 0 Å². The summed E-state index contributed by atoms with van der Waals surface area (Å²) in [5.74, 6) is 2.01. The highest BCUT2D eigenvalue weighted by Crippen LogP contribution is 2.64. The molecule has 2 aliphatic rings. The molecule has 3 unspecified atom stereocenters. The molecule has 0 aromatic carbocycles. The van der Waals surface area contributed by atoms with Crippen molar-refractivity contribution in [3.8, 4) is 0 Å². The first-order valence-corrected chi connectivity index (χ1v) is 5.83. The molecular weight excluding hydrogens is 158 g/mol. The van der Waals surface area contributed by atoms with Gasteiger partial charge in [-0.05, 0) is 30.7 Å². The van der Waals surface area contributed by atoms with Gasteiger partial charge in [0.25, 0.3) is 0 Å². The maximum Gasteiger partial charge on any atom is 0.0104 e. The first kappa shape index (κ1) is 11.0. The Morgan fingerprint density at radius 3 is 2.15 bits per heavy atom. The largest absolute Gasteiger partial charge is 0.300 e. The Kier molecular flexibility index (Phi) is 3.06. The van der Waals surface area contributed by atoms with Gasteiger partial charge in [0.1, 0.15) is 0 Å². The van der Waals surface area contributed by atoms with E-state index in [2.05, 4.69) is 32.6 Å². The van der Waals surface area contributed by atoms with E-state index >= 15 is 0 Å². The van der Waals surface area contributed by atoms with Crippen molar-refractivity contribution >= 4 is 0 Å². The standard InChI is InChI=1S/C10H19N.C2H6/c1-5-11-6-8-9(7(11)2)10(8,3)4;1-2/h7-9H,5-6H2,1-4H3;1-2H3. The van der Waals surface area contributed by atoms with Crippen molar-refractivity contribution < 1.29 is 0 Å². The van der Waals surface area contributed by atoms with Crippen LogP contribution in [-0.2, 0) is 0 Å². The van der Waals surface area contributed by atoms with Crippen LogP contribution >= 0.6 is 0 Å². The number of hydrogen-bond donors (Lipinski definition) is 0. The van der Waals surface area contributed by atoms with Crippen LogP contribution < -0.4 is 0 Å². The van der Waals surface area contributed by atoms with E-state index in [-0.39, 0.29) is 0 Å². The third kappa shape index (κ3) is 1.52. The summed E-state index contributed by atoms with van der Waals surface area (Å²) in [6.07, 6.45) is 0. The van der Waals surface area contributed by atoms with Crippen LogP contribution in [0, 0.1) is 17.3 Å². The van der Waals surface area contributed by atoms with Gasteiger partial charge in [-0.3, -0.25) is 0 Å². The van der Waals surface area contributed by atoms with Crippen molar-refractivity contribution in [2.75, 3.05) is 13.1 Å². The quantitative estimate of drug-likeness (QED) is 0.604. The molecule has 1 nitrogen and oxygen atoms in total. The average Bonchev–Trinajstić information content (AvgIpc) is 2.49. The Balaban J connectivity index is 0.000000396. The fourth-order valence-electron chi connectivity index (χ4n) is 3.16. The zero-order valence-corrected chi connectivity index (χ0v) is 10.1. The lowest BCUT2D eigenvalue weighted by Gasteiger charge is -2.26. The van der Waals surface area contributed by atoms with Crippen molar-refractivity contribution in [3.63, 3.8) is 0 Å². The second-order valence-electron chi connectivity index (χ2n) is 4.78. The lowest BCUT2D eigenvalue weighted by atomic mass is 10.0. The summed E-state index contributed by atoms with van der Waals surface area (Å²) in [6, 6.07) is 0.847. The van der Waals surface area contributed by atoms with Gasteiger partial charge in [-0.25, -0.2) is 0 Å². The highest BCUT2D eigenvalue weighted by molar-refractivity contribution is 5.14. The number of hydrogen-bond acceptors (Lipinski definition) is 1. The van der Waals surface area contributed by atoms with Crippen molar-refractivity contribution in [2.45, 2.75) is 47.6 Å². The minimum absolute atomic E-state index is 0.672. The van der Waals surface area contributed by atoms with Crippen LogP contribution in [0.25, 0.3) is 0 Å². The molecule has 1 heteroatoms. The summed E-state index contributed by atoms with van der Waals surface area (Å²) in [5, 5.41) is 0. The van der Waals surface area contributed by atoms with Crippen LogP contribution in [0.5, 0.6) is 0 Å². The predicted molar refractivity (Wildman–Crippen MR) is 58.8 cm³/mol. The topological polar surface area (TPSA) is 3.24 Å². The van der Waals surface area contributed by atoms with Crippen LogP contribution in [0.2, 0.25) is 0 Å². The Morgan fingerprint density at radius 1 is 1.31 bits per heavy atom. The van der Waals surface area contributed by atoms with Crippen molar-refractivity contribution in [1.82, 2.24) is 4.90 Å². The first-order valence-electron chi connectivity index (χ1n) is 5.83. The molecule has 1 aliphatic heterocycles. The summed E-state index contributed by atoms with van der Waals surface area (Å²) in [7, 11) is 0. The number of rotatable bonds is 1. The minimum atomic E-state index is 0.672. The van der Waals surface area contributed by atoms with Gasteiger partial charge in [0.05, 0.1) is 0 Å². The summed E-state index contributed by atoms with van der Waals surface area (Å²) < 4.78 is 0. The van der Waals surface area contributed by atoms with E-state index in [1.807, 2.05) is 13.8 Å². The predicted octanol–water partition coefficient (Wildman–Crippen LogP) is 3.01. The molecule has 1 saturated carbocycles. The van der Waals surface area contributed by atoms with E-state index in [1.165, 1.54) is 13.1 Å². The molecule has 3 atom stereocenters. The zero-order chi connectivity index (χ0) is 10.2. The average molecular weight is 183 g/mol. The molecule has 1 saturated heterocycles. The maximum atomic E-state index is 2.61. The second kappa shape index (κ2) is 3.61. The molecule has 2 rings (SSSR count). The Morgan fingerprint density at radius 2 is 1.85 bits per heavy atom. The van der Waals surface area contributed by atoms with Gasteiger partial charge in [0.2, 0.25) is 0 Å². The third-order valence-corrected chi connectivity index (χ3v) is 4.07. The lowest BCUT2D eigenvalue weighted by Crippen LogP contribution is -2.33. The van der Waals surface area contributed by atoms with Gasteiger partial charge in [0, 0.05) is 12.6 Å². The van der Waals surface area contributed by atoms with Gasteiger partial charge >= 0.3 is 0 Å². The molecule has 2 fully saturated rings. The molecule has 1 aliphatic carbocycles. The lowest BCUT2D eigenvalue weighted by molar-refractivity contribution is 0.204. The fraction of sp³-hybridized carbons (Fsp3) is 1.00. The third-order valence-electron chi connectivity index (χ3n) is 4.07. The Bertz CT molecular complexity index is 174. The summed E-state index contributed by atoms with van der Waals surface area (Å²) >= 11 is 0. The van der Waals surface area contributed by atoms with Gasteiger partial charge < -0.3 is 4.90 Å². The summed E-state index contributed by atoms with van der Waals surface area (Å²) in [4.78, 5) is 2.61. The number of likely N-dealkylation sites (tertiary alicyclic amines) is 1. The van der Waals surface area contributed by atoms with Gasteiger partial charge in [0.15, 0.2) is 0 Å². The first-order chi connectivity index (χ1) is 6.09. The molecule has 1 heterocycles. The van der Waals surface area contributed by atoms with Gasteiger partial charge in [-0.1, -0.05) is 34.6 Å². The molecular formula is C12H25N. The Labute approximate surface area is 83.5 Å². The number of nitrogens with zero attached hydrogens (tertiary/aromatic N) is 1. The van der Waals surface area contributed by atoms with Crippen LogP contribution in [0.1, 0.15) is 41.5 Å². The van der Waals surface area contributed by atoms with E-state index in [9.17, 15) is 0 Å². The van der Waals surface area contributed by atoms with E-state index in [0.29, 0.717) is 5.41 Å². The minimum Gasteiger partial charge on any atom is -0.300 e. The molecule has 0 spiro atoms. The normalized spacial score (nSPS) is 40.6. The molecule has 78 valence electrons. The highest BCUT2D eigenvalue weighted by Gasteiger charge is 2.64. The second-order valence-corrected chi connectivity index (χ2v) is 4.78. The Hall–Kier alpha value is -0.0400. The van der Waals surface area contributed by atoms with Crippen LogP contribution in [0.4, 0.5) is 0 Å². The van der Waals surface area contributed by atoms with Crippen LogP contribution in [0.3, 0.4) is 0 Å². The molecule has 0 radical (unpaired) electrons. The van der Waals surface area contributed by atoms with E-state index in [1.54, 1.807) is 0 Å². The van der Waals surface area contributed by atoms with Crippen LogP contribution in [0.15, 0.2) is 0 Å². The highest BCUT2D eigenvalue weighted by atomic mass is 15.2. The molecule has 0 N–H and O–H groups in total. The molecule has 13 heavy (non-hydrogen) atoms. The van der Waals surface area contributed by atoms with Crippen molar-refractivity contribution in [2.24, 2.45) is 17.3 Å². The number of fused-ring (bicyclic) bond motifs is 1. The van der Waals surface area contributed by atoms with E-state index in [0.717, 1.165) is 17.9 Å². The van der Waals surface area contributed by atoms with Gasteiger partial charge in [-0.2, -0.15) is 0 Å². The SMILES string of the molecule is CC.CCN1CC2C(C1C)C2(C)C. The molecule has 0 bridgehead atoms. The fourth-order valence-corrected chi connectivity index (χ4v) is 3.16. The smallest absolute Gasteiger partial charge is 0.0104 e. The van der Waals surface area contributed by atoms with E-state index in [4.69, 9.17) is 0 Å². The summed E-state index contributed by atoms with van der Waals surface area (Å²) in [5.41, 5.74) is 0.672. The molecule has 0 aromatic heterocycles. The van der Waals surface area contributed by atoms with Crippen molar-refractivity contribution in [1.29, 1.82) is 0 Å².